The molecule has 2 aromatic rings. The van der Waals surface area contributed by atoms with Crippen molar-refractivity contribution in [3.63, 3.8) is 0 Å². The third-order valence-corrected chi connectivity index (χ3v) is 4.38. The maximum absolute atomic E-state index is 12.5. The van der Waals surface area contributed by atoms with Gasteiger partial charge in [-0.3, -0.25) is 4.79 Å². The standard InChI is InChI=1S/C20H19ClO3/c1-12(2)3-8-15-17(22)10-9-16-18(23)11-19(24-20(15)16)13-4-6-14(21)7-5-13/h3-7,9-10,19,22H,8,11H2,1-2H3. The van der Waals surface area contributed by atoms with Gasteiger partial charge in [0, 0.05) is 10.6 Å². The first-order valence-corrected chi connectivity index (χ1v) is 8.27. The summed E-state index contributed by atoms with van der Waals surface area (Å²) in [7, 11) is 0. The molecule has 0 aromatic heterocycles. The first-order valence-electron chi connectivity index (χ1n) is 7.89. The molecule has 0 radical (unpaired) electrons. The number of halogens is 1. The van der Waals surface area contributed by atoms with Crippen LogP contribution in [-0.4, -0.2) is 10.9 Å². The van der Waals surface area contributed by atoms with E-state index < -0.39 is 0 Å². The second kappa shape index (κ2) is 6.70. The highest BCUT2D eigenvalue weighted by Crippen LogP contribution is 2.41. The molecule has 24 heavy (non-hydrogen) atoms. The van der Waals surface area contributed by atoms with Gasteiger partial charge in [0.1, 0.15) is 17.6 Å². The molecule has 1 N–H and O–H groups in total. The molecule has 1 atom stereocenters. The minimum atomic E-state index is -0.366. The average Bonchev–Trinajstić information content (AvgIpc) is 2.54. The fourth-order valence-corrected chi connectivity index (χ4v) is 2.93. The fraction of sp³-hybridized carbons (Fsp3) is 0.250. The normalized spacial score (nSPS) is 16.3. The van der Waals surface area contributed by atoms with Crippen LogP contribution in [0.4, 0.5) is 0 Å². The van der Waals surface area contributed by atoms with E-state index >= 15 is 0 Å². The summed E-state index contributed by atoms with van der Waals surface area (Å²) in [5, 5.41) is 10.9. The maximum Gasteiger partial charge on any atom is 0.170 e. The molecule has 0 fully saturated rings. The molecule has 2 aromatic carbocycles. The van der Waals surface area contributed by atoms with Gasteiger partial charge in [0.15, 0.2) is 5.78 Å². The fourth-order valence-electron chi connectivity index (χ4n) is 2.80. The molecule has 124 valence electrons. The van der Waals surface area contributed by atoms with Gasteiger partial charge in [-0.15, -0.1) is 0 Å². The topological polar surface area (TPSA) is 46.5 Å². The van der Waals surface area contributed by atoms with Gasteiger partial charge in [-0.1, -0.05) is 35.4 Å². The molecule has 0 bridgehead atoms. The predicted molar refractivity (Wildman–Crippen MR) is 95.0 cm³/mol. The summed E-state index contributed by atoms with van der Waals surface area (Å²) in [6.07, 6.45) is 2.45. The van der Waals surface area contributed by atoms with Crippen molar-refractivity contribution >= 4 is 17.4 Å². The van der Waals surface area contributed by atoms with E-state index in [4.69, 9.17) is 16.3 Å². The Kier molecular flexibility index (Phi) is 4.63. The molecule has 0 aliphatic carbocycles. The summed E-state index contributed by atoms with van der Waals surface area (Å²) in [6.45, 7) is 3.99. The number of hydrogen-bond acceptors (Lipinski definition) is 3. The van der Waals surface area contributed by atoms with Crippen molar-refractivity contribution < 1.29 is 14.6 Å². The maximum atomic E-state index is 12.5. The van der Waals surface area contributed by atoms with E-state index in [1.807, 2.05) is 32.1 Å². The third kappa shape index (κ3) is 3.31. The van der Waals surface area contributed by atoms with Crippen LogP contribution in [0.2, 0.25) is 5.02 Å². The molecule has 1 aliphatic rings. The van der Waals surface area contributed by atoms with E-state index in [1.54, 1.807) is 24.3 Å². The largest absolute Gasteiger partial charge is 0.508 e. The van der Waals surface area contributed by atoms with E-state index in [0.29, 0.717) is 28.3 Å². The van der Waals surface area contributed by atoms with Crippen molar-refractivity contribution in [2.24, 2.45) is 0 Å². The summed E-state index contributed by atoms with van der Waals surface area (Å²) in [5.74, 6) is 0.661. The number of carbonyl (C=O) groups excluding carboxylic acids is 1. The van der Waals surface area contributed by atoms with Crippen LogP contribution in [0.5, 0.6) is 11.5 Å². The van der Waals surface area contributed by atoms with Crippen LogP contribution in [0.1, 0.15) is 47.9 Å². The smallest absolute Gasteiger partial charge is 0.170 e. The lowest BCUT2D eigenvalue weighted by molar-refractivity contribution is 0.0847. The van der Waals surface area contributed by atoms with E-state index in [2.05, 4.69) is 0 Å². The molecule has 3 nitrogen and oxygen atoms in total. The minimum absolute atomic E-state index is 0.0228. The van der Waals surface area contributed by atoms with Gasteiger partial charge in [0.05, 0.1) is 12.0 Å². The predicted octanol–water partition coefficient (Wildman–Crippen LogP) is 5.26. The van der Waals surface area contributed by atoms with Gasteiger partial charge in [-0.25, -0.2) is 0 Å². The Labute approximate surface area is 146 Å². The second-order valence-electron chi connectivity index (χ2n) is 6.21. The van der Waals surface area contributed by atoms with E-state index in [9.17, 15) is 9.90 Å². The van der Waals surface area contributed by atoms with Crippen molar-refractivity contribution in [1.82, 2.24) is 0 Å². The van der Waals surface area contributed by atoms with Crippen LogP contribution in [0.25, 0.3) is 0 Å². The number of hydrogen-bond donors (Lipinski definition) is 1. The van der Waals surface area contributed by atoms with E-state index in [1.165, 1.54) is 0 Å². The highest BCUT2D eigenvalue weighted by molar-refractivity contribution is 6.30. The Morgan fingerprint density at radius 3 is 2.62 bits per heavy atom. The first-order chi connectivity index (χ1) is 11.5. The molecule has 0 saturated heterocycles. The molecular formula is C20H19ClO3. The van der Waals surface area contributed by atoms with Gasteiger partial charge in [-0.2, -0.15) is 0 Å². The van der Waals surface area contributed by atoms with E-state index in [0.717, 1.165) is 11.1 Å². The van der Waals surface area contributed by atoms with Crippen LogP contribution >= 0.6 is 11.6 Å². The lowest BCUT2D eigenvalue weighted by atomic mass is 9.93. The number of fused-ring (bicyclic) bond motifs is 1. The molecule has 1 aliphatic heterocycles. The number of ether oxygens (including phenoxy) is 1. The van der Waals surface area contributed by atoms with Crippen LogP contribution in [0, 0.1) is 0 Å². The number of rotatable bonds is 3. The molecular weight excluding hydrogens is 324 g/mol. The zero-order valence-electron chi connectivity index (χ0n) is 13.7. The summed E-state index contributed by atoms with van der Waals surface area (Å²) < 4.78 is 6.12. The van der Waals surface area contributed by atoms with Crippen molar-refractivity contribution in [3.05, 3.63) is 69.8 Å². The van der Waals surface area contributed by atoms with Gasteiger partial charge in [-0.05, 0) is 50.1 Å². The zero-order chi connectivity index (χ0) is 17.3. The Hall–Kier alpha value is -2.26. The quantitative estimate of drug-likeness (QED) is 0.774. The number of allylic oxidation sites excluding steroid dienone is 2. The van der Waals surface area contributed by atoms with Crippen LogP contribution in [0.3, 0.4) is 0 Å². The van der Waals surface area contributed by atoms with Crippen LogP contribution in [-0.2, 0) is 6.42 Å². The number of carbonyl (C=O) groups is 1. The lowest BCUT2D eigenvalue weighted by Crippen LogP contribution is -2.21. The first kappa shape index (κ1) is 16.6. The molecule has 0 saturated carbocycles. The van der Waals surface area contributed by atoms with Crippen molar-refractivity contribution in [2.75, 3.05) is 0 Å². The van der Waals surface area contributed by atoms with Crippen molar-refractivity contribution in [1.29, 1.82) is 0 Å². The number of aromatic hydroxyl groups is 1. The second-order valence-corrected chi connectivity index (χ2v) is 6.65. The monoisotopic (exact) mass is 342 g/mol. The number of phenols is 1. The molecule has 0 spiro atoms. The van der Waals surface area contributed by atoms with Crippen LogP contribution in [0.15, 0.2) is 48.0 Å². The van der Waals surface area contributed by atoms with Crippen LogP contribution < -0.4 is 4.74 Å². The number of Topliss-reactive ketones (excluding diaryl/α,β-unsaturated/α-hetero) is 1. The summed E-state index contributed by atoms with van der Waals surface area (Å²) in [5.41, 5.74) is 3.23. The van der Waals surface area contributed by atoms with Gasteiger partial charge >= 0.3 is 0 Å². The van der Waals surface area contributed by atoms with Gasteiger partial charge in [0.25, 0.3) is 0 Å². The summed E-state index contributed by atoms with van der Waals surface area (Å²) >= 11 is 5.93. The van der Waals surface area contributed by atoms with Crippen molar-refractivity contribution in [2.45, 2.75) is 32.8 Å². The molecule has 0 amide bonds. The number of benzene rings is 2. The van der Waals surface area contributed by atoms with Gasteiger partial charge in [0.2, 0.25) is 0 Å². The Bertz CT molecular complexity index is 802. The molecule has 1 heterocycles. The Balaban J connectivity index is 2.01. The molecule has 4 heteroatoms. The SMILES string of the molecule is CC(C)=CCc1c(O)ccc2c1OC(c1ccc(Cl)cc1)CC2=O. The zero-order valence-corrected chi connectivity index (χ0v) is 14.4. The highest BCUT2D eigenvalue weighted by Gasteiger charge is 2.30. The van der Waals surface area contributed by atoms with Gasteiger partial charge < -0.3 is 9.84 Å². The Morgan fingerprint density at radius 1 is 1.25 bits per heavy atom. The Morgan fingerprint density at radius 2 is 1.96 bits per heavy atom. The molecule has 3 rings (SSSR count). The van der Waals surface area contributed by atoms with E-state index in [-0.39, 0.29) is 24.1 Å². The average molecular weight is 343 g/mol. The van der Waals surface area contributed by atoms with Crippen molar-refractivity contribution in [3.8, 4) is 11.5 Å². The minimum Gasteiger partial charge on any atom is -0.508 e. The molecule has 1 unspecified atom stereocenters. The summed E-state index contributed by atoms with van der Waals surface area (Å²) in [6, 6.07) is 10.5. The number of ketones is 1. The number of phenolic OH excluding ortho intramolecular Hbond substituents is 1. The lowest BCUT2D eigenvalue weighted by Gasteiger charge is -2.27. The third-order valence-electron chi connectivity index (χ3n) is 4.12. The summed E-state index contributed by atoms with van der Waals surface area (Å²) in [4.78, 5) is 12.5. The highest BCUT2D eigenvalue weighted by atomic mass is 35.5.